The Morgan fingerprint density at radius 2 is 0.539 bits per heavy atom. The number of phenolic OH excluding ortho intramolecular Hbond substituents is 4. The third kappa shape index (κ3) is 39.1. The Morgan fingerprint density at radius 3 is 0.724 bits per heavy atom. The van der Waals surface area contributed by atoms with Gasteiger partial charge in [0.1, 0.15) is 23.0 Å². The van der Waals surface area contributed by atoms with Crippen LogP contribution in [0, 0.1) is 0 Å². The normalized spacial score (nSPS) is 10.8. The molecule has 8 N–H and O–H groups in total. The fraction of sp³-hybridized carbons (Fsp3) is 0.429. The monoisotopic (exact) mass is 1180 g/mol. The van der Waals surface area contributed by atoms with Gasteiger partial charge in [-0.25, -0.2) is 0 Å². The minimum absolute atomic E-state index is 0.214. The van der Waals surface area contributed by atoms with E-state index in [-0.39, 0.29) is 23.0 Å². The van der Waals surface area contributed by atoms with Gasteiger partial charge in [0, 0.05) is 45.3 Å². The van der Waals surface area contributed by atoms with Gasteiger partial charge in [-0.05, 0) is 74.2 Å². The van der Waals surface area contributed by atoms with Gasteiger partial charge in [0.25, 0.3) is 0 Å². The van der Waals surface area contributed by atoms with Crippen molar-refractivity contribution in [3.63, 3.8) is 0 Å². The van der Waals surface area contributed by atoms with Crippen LogP contribution in [-0.4, -0.2) is 85.6 Å². The molecule has 4 rings (SSSR count). The molecule has 0 bridgehead atoms. The number of aromatic hydroxyl groups is 4. The van der Waals surface area contributed by atoms with Crippen LogP contribution in [0.4, 0.5) is 0 Å². The molecular weight excluding hydrogens is 1110 g/mol. The van der Waals surface area contributed by atoms with Crippen LogP contribution < -0.4 is 21.7 Å². The summed E-state index contributed by atoms with van der Waals surface area (Å²) >= 11 is 27.1. The number of phenols is 4. The molecule has 76 heavy (non-hydrogen) atoms. The largest absolute Gasteiger partial charge is 0.507 e. The lowest BCUT2D eigenvalue weighted by molar-refractivity contribution is 0.474. The van der Waals surface area contributed by atoms with E-state index in [0.29, 0.717) is 39.5 Å². The molecule has 0 saturated carbocycles. The van der Waals surface area contributed by atoms with E-state index in [4.69, 9.17) is 48.9 Å². The maximum atomic E-state index is 9.54. The fourth-order valence-corrected chi connectivity index (χ4v) is 9.72. The molecule has 0 aromatic heterocycles. The number of nitrogens with one attached hydrogen (secondary N) is 4. The summed E-state index contributed by atoms with van der Waals surface area (Å²) in [4.78, 5) is 0. The molecule has 12 nitrogen and oxygen atoms in total. The standard InChI is InChI=1S/4C14H20N2OS2/c4*1-2-3-4-7-10-19-14(18)16-15-11-12-8-5-6-9-13(12)17/h4*5-6,8-9,11,17H,2-4,7,10H2,1H3,(H,16,18)/b4*15-11+. The van der Waals surface area contributed by atoms with Crippen molar-refractivity contribution in [2.45, 2.75) is 130 Å². The number of unbranched alkanes of at least 4 members (excludes halogenated alkanes) is 12. The maximum Gasteiger partial charge on any atom is 0.154 e. The number of benzene rings is 4. The van der Waals surface area contributed by atoms with Gasteiger partial charge in [0.15, 0.2) is 17.3 Å². The first-order valence-electron chi connectivity index (χ1n) is 25.9. The Bertz CT molecular complexity index is 2000. The summed E-state index contributed by atoms with van der Waals surface area (Å²) < 4.78 is 2.68. The first-order valence-corrected chi connectivity index (χ1v) is 31.5. The van der Waals surface area contributed by atoms with Crippen molar-refractivity contribution in [1.29, 1.82) is 0 Å². The number of hydrogen-bond donors (Lipinski definition) is 8. The lowest BCUT2D eigenvalue weighted by Gasteiger charge is -2.02. The van der Waals surface area contributed by atoms with E-state index in [1.54, 1.807) is 145 Å². The van der Waals surface area contributed by atoms with Gasteiger partial charge in [-0.15, -0.1) is 0 Å². The highest BCUT2D eigenvalue weighted by atomic mass is 32.2. The van der Waals surface area contributed by atoms with Crippen molar-refractivity contribution >= 4 is 138 Å². The third-order valence-corrected chi connectivity index (χ3v) is 15.3. The Balaban J connectivity index is 0.000000507. The van der Waals surface area contributed by atoms with Crippen LogP contribution in [0.1, 0.15) is 153 Å². The van der Waals surface area contributed by atoms with Crippen molar-refractivity contribution in [2.24, 2.45) is 20.4 Å². The summed E-state index contributed by atoms with van der Waals surface area (Å²) in [5.41, 5.74) is 13.9. The Labute approximate surface area is 492 Å². The molecule has 0 saturated heterocycles. The number of thioether (sulfide) groups is 4. The van der Waals surface area contributed by atoms with Gasteiger partial charge in [-0.3, -0.25) is 21.7 Å². The smallest absolute Gasteiger partial charge is 0.154 e. The zero-order valence-corrected chi connectivity index (χ0v) is 51.1. The number of thiocarbonyl (C=S) groups is 4. The van der Waals surface area contributed by atoms with E-state index in [1.165, 1.54) is 103 Å². The van der Waals surface area contributed by atoms with E-state index < -0.39 is 0 Å². The van der Waals surface area contributed by atoms with E-state index in [0.717, 1.165) is 23.0 Å². The second-order valence-electron chi connectivity index (χ2n) is 16.5. The number of hydrogen-bond acceptors (Lipinski definition) is 16. The summed E-state index contributed by atoms with van der Waals surface area (Å²) in [6.07, 6.45) is 26.2. The molecule has 0 fully saturated rings. The molecule has 0 aliphatic rings. The molecule has 0 aliphatic carbocycles. The van der Waals surface area contributed by atoms with Crippen molar-refractivity contribution in [2.75, 3.05) is 23.0 Å². The predicted octanol–water partition coefficient (Wildman–Crippen LogP) is 15.7. The highest BCUT2D eigenvalue weighted by Gasteiger charge is 2.02. The number of rotatable bonds is 28. The van der Waals surface area contributed by atoms with Gasteiger partial charge in [0.05, 0.1) is 24.9 Å². The van der Waals surface area contributed by atoms with Gasteiger partial charge < -0.3 is 20.4 Å². The van der Waals surface area contributed by atoms with E-state index >= 15 is 0 Å². The number of hydrazone groups is 4. The quantitative estimate of drug-likeness (QED) is 0.0116. The second-order valence-corrected chi connectivity index (χ2v) is 23.6. The molecule has 20 heteroatoms. The van der Waals surface area contributed by atoms with Gasteiger partial charge in [0.2, 0.25) is 0 Å². The molecule has 0 unspecified atom stereocenters. The summed E-state index contributed by atoms with van der Waals surface area (Å²) in [5.74, 6) is 4.96. The van der Waals surface area contributed by atoms with Gasteiger partial charge in [-0.1, -0.05) is 249 Å². The molecular formula is C56H80N8O4S8. The van der Waals surface area contributed by atoms with Crippen LogP contribution in [0.5, 0.6) is 23.0 Å². The van der Waals surface area contributed by atoms with Crippen LogP contribution in [0.25, 0.3) is 0 Å². The summed E-state index contributed by atoms with van der Waals surface area (Å²) in [7, 11) is 0. The van der Waals surface area contributed by atoms with Gasteiger partial charge >= 0.3 is 0 Å². The average Bonchev–Trinajstić information content (AvgIpc) is 3.41. The molecule has 0 amide bonds. The van der Waals surface area contributed by atoms with Crippen LogP contribution in [0.3, 0.4) is 0 Å². The zero-order valence-electron chi connectivity index (χ0n) is 44.5. The van der Waals surface area contributed by atoms with Crippen molar-refractivity contribution < 1.29 is 20.4 Å². The number of nitrogens with zero attached hydrogens (tertiary/aromatic N) is 4. The minimum atomic E-state index is 0.214. The molecule has 416 valence electrons. The van der Waals surface area contributed by atoms with Crippen molar-refractivity contribution in [1.82, 2.24) is 21.7 Å². The van der Waals surface area contributed by atoms with Gasteiger partial charge in [-0.2, -0.15) is 20.4 Å². The lowest BCUT2D eigenvalue weighted by Crippen LogP contribution is -2.11. The SMILES string of the molecule is CCCCCCSC(=S)N/N=C/c1ccccc1O.CCCCCCSC(=S)N/N=C/c1ccccc1O.CCCCCCSC(=S)N/N=C/c1ccccc1O.CCCCCCSC(=S)N/N=C/c1ccccc1O. The molecule has 0 radical (unpaired) electrons. The first kappa shape index (κ1) is 69.7. The van der Waals surface area contributed by atoms with Crippen LogP contribution >= 0.6 is 95.9 Å². The molecule has 0 aliphatic heterocycles. The summed E-state index contributed by atoms with van der Waals surface area (Å²) in [6, 6.07) is 28.2. The average molecular weight is 1190 g/mol. The Hall–Kier alpha value is -4.28. The van der Waals surface area contributed by atoms with E-state index in [1.807, 2.05) is 24.3 Å². The first-order chi connectivity index (χ1) is 36.9. The van der Waals surface area contributed by atoms with Crippen LogP contribution in [0.15, 0.2) is 117 Å². The number of para-hydroxylation sites is 4. The highest BCUT2D eigenvalue weighted by Crippen LogP contribution is 2.17. The molecule has 0 spiro atoms. The topological polar surface area (TPSA) is 178 Å². The summed E-state index contributed by atoms with van der Waals surface area (Å²) in [6.45, 7) is 8.81. The van der Waals surface area contributed by atoms with Crippen LogP contribution in [0.2, 0.25) is 0 Å². The van der Waals surface area contributed by atoms with E-state index in [2.05, 4.69) is 69.8 Å². The van der Waals surface area contributed by atoms with E-state index in [9.17, 15) is 20.4 Å². The highest BCUT2D eigenvalue weighted by molar-refractivity contribution is 8.24. The maximum absolute atomic E-state index is 9.54. The predicted molar refractivity (Wildman–Crippen MR) is 352 cm³/mol. The van der Waals surface area contributed by atoms with Crippen molar-refractivity contribution in [3.8, 4) is 23.0 Å². The molecule has 0 heterocycles. The zero-order chi connectivity index (χ0) is 55.7. The van der Waals surface area contributed by atoms with Crippen LogP contribution in [-0.2, 0) is 0 Å². The lowest BCUT2D eigenvalue weighted by atomic mass is 10.2. The third-order valence-electron chi connectivity index (χ3n) is 10.1. The molecule has 4 aromatic rings. The second kappa shape index (κ2) is 49.0. The molecule has 4 aromatic carbocycles. The summed E-state index contributed by atoms with van der Waals surface area (Å²) in [5, 5.41) is 54.3. The van der Waals surface area contributed by atoms with Crippen molar-refractivity contribution in [3.05, 3.63) is 119 Å². The Kier molecular flexibility index (Phi) is 45.0. The Morgan fingerprint density at radius 1 is 0.342 bits per heavy atom. The minimum Gasteiger partial charge on any atom is -0.507 e. The molecule has 0 atom stereocenters. The fourth-order valence-electron chi connectivity index (χ4n) is 5.91.